The first-order valence-corrected chi connectivity index (χ1v) is 7.81. The Morgan fingerprint density at radius 1 is 1.42 bits per heavy atom. The van der Waals surface area contributed by atoms with Crippen molar-refractivity contribution in [2.24, 2.45) is 5.92 Å². The fourth-order valence-corrected chi connectivity index (χ4v) is 2.66. The van der Waals surface area contributed by atoms with Crippen molar-refractivity contribution in [1.82, 2.24) is 20.1 Å². The summed E-state index contributed by atoms with van der Waals surface area (Å²) in [5.41, 5.74) is 0. The van der Waals surface area contributed by atoms with E-state index in [1.807, 2.05) is 13.8 Å². The van der Waals surface area contributed by atoms with Crippen LogP contribution in [0.1, 0.15) is 45.5 Å². The van der Waals surface area contributed by atoms with E-state index < -0.39 is 0 Å². The summed E-state index contributed by atoms with van der Waals surface area (Å²) in [5.74, 6) is 1.86. The molecule has 0 radical (unpaired) electrons. The maximum Gasteiger partial charge on any atom is 0.230 e. The van der Waals surface area contributed by atoms with E-state index in [0.717, 1.165) is 11.0 Å². The van der Waals surface area contributed by atoms with Crippen molar-refractivity contribution in [3.05, 3.63) is 5.82 Å². The van der Waals surface area contributed by atoms with E-state index in [1.165, 1.54) is 24.6 Å². The molecule has 0 aromatic carbocycles. The normalized spacial score (nSPS) is 16.7. The Balaban J connectivity index is 1.87. The second-order valence-electron chi connectivity index (χ2n) is 5.52. The van der Waals surface area contributed by atoms with Gasteiger partial charge in [0.1, 0.15) is 5.82 Å². The Morgan fingerprint density at radius 2 is 2.11 bits per heavy atom. The maximum absolute atomic E-state index is 11.8. The summed E-state index contributed by atoms with van der Waals surface area (Å²) in [7, 11) is 0. The predicted molar refractivity (Wildman–Crippen MR) is 76.2 cm³/mol. The Kier molecular flexibility index (Phi) is 4.50. The molecule has 0 spiro atoms. The highest BCUT2D eigenvalue weighted by atomic mass is 32.2. The zero-order chi connectivity index (χ0) is 14.0. The zero-order valence-corrected chi connectivity index (χ0v) is 12.8. The summed E-state index contributed by atoms with van der Waals surface area (Å²) >= 11 is 1.48. The van der Waals surface area contributed by atoms with Gasteiger partial charge in [-0.2, -0.15) is 0 Å². The fourth-order valence-electron chi connectivity index (χ4n) is 1.79. The minimum atomic E-state index is 0.0641. The molecule has 1 heterocycles. The molecule has 1 aliphatic carbocycles. The molecule has 1 aliphatic rings. The van der Waals surface area contributed by atoms with Crippen molar-refractivity contribution in [3.8, 4) is 0 Å². The molecule has 6 heteroatoms. The van der Waals surface area contributed by atoms with E-state index in [9.17, 15) is 4.79 Å². The molecule has 1 aromatic rings. The van der Waals surface area contributed by atoms with Gasteiger partial charge in [-0.25, -0.2) is 0 Å². The van der Waals surface area contributed by atoms with Crippen LogP contribution < -0.4 is 5.32 Å². The minimum Gasteiger partial charge on any atom is -0.353 e. The number of amides is 1. The number of aryl methyl sites for hydroxylation is 1. The molecule has 19 heavy (non-hydrogen) atoms. The number of hydrogen-bond donors (Lipinski definition) is 1. The molecule has 5 nitrogen and oxygen atoms in total. The van der Waals surface area contributed by atoms with Gasteiger partial charge in [0.05, 0.1) is 5.75 Å². The maximum atomic E-state index is 11.8. The quantitative estimate of drug-likeness (QED) is 0.812. The van der Waals surface area contributed by atoms with Crippen LogP contribution in [0.5, 0.6) is 0 Å². The topological polar surface area (TPSA) is 59.8 Å². The van der Waals surface area contributed by atoms with E-state index in [2.05, 4.69) is 33.9 Å². The van der Waals surface area contributed by atoms with E-state index in [0.29, 0.717) is 17.7 Å². The van der Waals surface area contributed by atoms with Crippen LogP contribution in [0.3, 0.4) is 0 Å². The van der Waals surface area contributed by atoms with Gasteiger partial charge in [-0.3, -0.25) is 4.79 Å². The van der Waals surface area contributed by atoms with Gasteiger partial charge in [0.15, 0.2) is 5.16 Å². The molecule has 1 fully saturated rings. The molecule has 0 bridgehead atoms. The van der Waals surface area contributed by atoms with Crippen molar-refractivity contribution in [2.75, 3.05) is 5.75 Å². The van der Waals surface area contributed by atoms with E-state index in [-0.39, 0.29) is 11.9 Å². The number of thioether (sulfide) groups is 1. The summed E-state index contributed by atoms with van der Waals surface area (Å²) in [4.78, 5) is 11.8. The molecule has 1 amide bonds. The SMILES string of the molecule is Cc1nnc(SCC(=O)N[C@H](C)C(C)C)n1C1CC1. The summed E-state index contributed by atoms with van der Waals surface area (Å²) in [6.45, 7) is 8.21. The van der Waals surface area contributed by atoms with Crippen LogP contribution in [-0.2, 0) is 4.79 Å². The largest absolute Gasteiger partial charge is 0.353 e. The Hall–Kier alpha value is -1.04. The third kappa shape index (κ3) is 3.72. The standard InChI is InChI=1S/C13H22N4OS/c1-8(2)9(3)14-12(18)7-19-13-16-15-10(4)17(13)11-5-6-11/h8-9,11H,5-7H2,1-4H3,(H,14,18)/t9-/m1/s1. The molecule has 2 rings (SSSR count). The summed E-state index contributed by atoms with van der Waals surface area (Å²) in [6.07, 6.45) is 2.39. The lowest BCUT2D eigenvalue weighted by Gasteiger charge is -2.17. The van der Waals surface area contributed by atoms with Gasteiger partial charge in [0.25, 0.3) is 0 Å². The molecule has 1 saturated carbocycles. The number of carbonyl (C=O) groups is 1. The van der Waals surface area contributed by atoms with Gasteiger partial charge < -0.3 is 9.88 Å². The minimum absolute atomic E-state index is 0.0641. The van der Waals surface area contributed by atoms with E-state index >= 15 is 0 Å². The summed E-state index contributed by atoms with van der Waals surface area (Å²) in [5, 5.41) is 12.1. The first-order chi connectivity index (χ1) is 8.99. The lowest BCUT2D eigenvalue weighted by atomic mass is 10.1. The summed E-state index contributed by atoms with van der Waals surface area (Å²) < 4.78 is 2.16. The number of carbonyl (C=O) groups excluding carboxylic acids is 1. The van der Waals surface area contributed by atoms with Crippen LogP contribution in [0.15, 0.2) is 5.16 Å². The Bertz CT molecular complexity index is 453. The van der Waals surface area contributed by atoms with E-state index in [4.69, 9.17) is 0 Å². The smallest absolute Gasteiger partial charge is 0.230 e. The average molecular weight is 282 g/mol. The van der Waals surface area contributed by atoms with Gasteiger partial charge in [-0.1, -0.05) is 25.6 Å². The van der Waals surface area contributed by atoms with Crippen LogP contribution >= 0.6 is 11.8 Å². The molecule has 1 aromatic heterocycles. The highest BCUT2D eigenvalue weighted by Crippen LogP contribution is 2.38. The van der Waals surface area contributed by atoms with Crippen molar-refractivity contribution in [2.45, 2.75) is 57.8 Å². The van der Waals surface area contributed by atoms with Crippen LogP contribution in [-0.4, -0.2) is 32.5 Å². The number of rotatable bonds is 6. The third-order valence-corrected chi connectivity index (χ3v) is 4.41. The van der Waals surface area contributed by atoms with Gasteiger partial charge in [0, 0.05) is 12.1 Å². The van der Waals surface area contributed by atoms with Gasteiger partial charge >= 0.3 is 0 Å². The van der Waals surface area contributed by atoms with Gasteiger partial charge in [0.2, 0.25) is 5.91 Å². The lowest BCUT2D eigenvalue weighted by Crippen LogP contribution is -2.37. The first-order valence-electron chi connectivity index (χ1n) is 6.82. The van der Waals surface area contributed by atoms with Crippen molar-refractivity contribution >= 4 is 17.7 Å². The molecule has 1 N–H and O–H groups in total. The third-order valence-electron chi connectivity index (χ3n) is 3.47. The first kappa shape index (κ1) is 14.4. The average Bonchev–Trinajstić information content (AvgIpc) is 3.11. The van der Waals surface area contributed by atoms with E-state index in [1.54, 1.807) is 0 Å². The van der Waals surface area contributed by atoms with Gasteiger partial charge in [-0.15, -0.1) is 10.2 Å². The fraction of sp³-hybridized carbons (Fsp3) is 0.769. The molecule has 0 saturated heterocycles. The Morgan fingerprint density at radius 3 is 2.68 bits per heavy atom. The van der Waals surface area contributed by atoms with Crippen LogP contribution in [0.4, 0.5) is 0 Å². The van der Waals surface area contributed by atoms with Crippen LogP contribution in [0.2, 0.25) is 0 Å². The van der Waals surface area contributed by atoms with Crippen LogP contribution in [0.25, 0.3) is 0 Å². The monoisotopic (exact) mass is 282 g/mol. The lowest BCUT2D eigenvalue weighted by molar-refractivity contribution is -0.119. The number of hydrogen-bond acceptors (Lipinski definition) is 4. The molecule has 0 unspecified atom stereocenters. The van der Waals surface area contributed by atoms with Crippen molar-refractivity contribution < 1.29 is 4.79 Å². The highest BCUT2D eigenvalue weighted by Gasteiger charge is 2.28. The highest BCUT2D eigenvalue weighted by molar-refractivity contribution is 7.99. The van der Waals surface area contributed by atoms with Crippen molar-refractivity contribution in [3.63, 3.8) is 0 Å². The Labute approximate surface area is 118 Å². The second kappa shape index (κ2) is 5.94. The second-order valence-corrected chi connectivity index (χ2v) is 6.46. The predicted octanol–water partition coefficient (Wildman–Crippen LogP) is 2.17. The molecular formula is C13H22N4OS. The van der Waals surface area contributed by atoms with Crippen LogP contribution in [0, 0.1) is 12.8 Å². The summed E-state index contributed by atoms with van der Waals surface area (Å²) in [6, 6.07) is 0.756. The zero-order valence-electron chi connectivity index (χ0n) is 12.0. The molecule has 0 aliphatic heterocycles. The van der Waals surface area contributed by atoms with Gasteiger partial charge in [-0.05, 0) is 32.6 Å². The number of nitrogens with one attached hydrogen (secondary N) is 1. The molecule has 106 valence electrons. The van der Waals surface area contributed by atoms with Crippen molar-refractivity contribution in [1.29, 1.82) is 0 Å². The molecular weight excluding hydrogens is 260 g/mol. The number of aromatic nitrogens is 3. The molecule has 1 atom stereocenters. The number of nitrogens with zero attached hydrogens (tertiary/aromatic N) is 3.